The summed E-state index contributed by atoms with van der Waals surface area (Å²) in [7, 11) is 0. The van der Waals surface area contributed by atoms with E-state index in [0.717, 1.165) is 12.3 Å². The van der Waals surface area contributed by atoms with Gasteiger partial charge in [0.15, 0.2) is 0 Å². The molecular formula is C12H15ClN2O2. The lowest BCUT2D eigenvalue weighted by Gasteiger charge is -2.15. The van der Waals surface area contributed by atoms with Crippen LogP contribution in [-0.4, -0.2) is 22.1 Å². The molecule has 1 heterocycles. The summed E-state index contributed by atoms with van der Waals surface area (Å²) >= 11 is 5.98. The lowest BCUT2D eigenvalue weighted by atomic mass is 10.1. The van der Waals surface area contributed by atoms with Crippen molar-refractivity contribution in [2.75, 3.05) is 5.32 Å². The number of rotatable bonds is 5. The van der Waals surface area contributed by atoms with Crippen LogP contribution in [0.5, 0.6) is 0 Å². The first-order valence-electron chi connectivity index (χ1n) is 5.71. The minimum Gasteiger partial charge on any atom is -0.478 e. The number of pyridine rings is 1. The van der Waals surface area contributed by atoms with E-state index in [1.807, 2.05) is 0 Å². The van der Waals surface area contributed by atoms with Crippen LogP contribution in [0.25, 0.3) is 0 Å². The van der Waals surface area contributed by atoms with Crippen LogP contribution >= 0.6 is 11.6 Å². The molecule has 1 aliphatic rings. The minimum absolute atomic E-state index is 0.107. The summed E-state index contributed by atoms with van der Waals surface area (Å²) in [5.74, 6) is 0.372. The van der Waals surface area contributed by atoms with E-state index < -0.39 is 5.97 Å². The Hall–Kier alpha value is -1.29. The van der Waals surface area contributed by atoms with E-state index in [0.29, 0.717) is 16.9 Å². The van der Waals surface area contributed by atoms with Gasteiger partial charge in [-0.1, -0.05) is 24.4 Å². The van der Waals surface area contributed by atoms with Crippen LogP contribution in [0.15, 0.2) is 12.3 Å². The number of halogens is 1. The summed E-state index contributed by atoms with van der Waals surface area (Å²) < 4.78 is 0. The first kappa shape index (κ1) is 12.2. The molecule has 0 bridgehead atoms. The molecule has 17 heavy (non-hydrogen) atoms. The van der Waals surface area contributed by atoms with E-state index in [1.165, 1.54) is 25.1 Å². The molecule has 1 fully saturated rings. The number of hydrogen-bond acceptors (Lipinski definition) is 3. The first-order chi connectivity index (χ1) is 8.06. The summed E-state index contributed by atoms with van der Waals surface area (Å²) in [6, 6.07) is 1.73. The van der Waals surface area contributed by atoms with E-state index in [2.05, 4.69) is 17.2 Å². The number of hydrogen-bond donors (Lipinski definition) is 2. The van der Waals surface area contributed by atoms with Crippen LogP contribution in [-0.2, 0) is 0 Å². The van der Waals surface area contributed by atoms with Gasteiger partial charge in [-0.3, -0.25) is 0 Å². The molecule has 1 saturated carbocycles. The lowest BCUT2D eigenvalue weighted by Crippen LogP contribution is -2.17. The second-order valence-corrected chi connectivity index (χ2v) is 4.99. The largest absolute Gasteiger partial charge is 0.478 e. The van der Waals surface area contributed by atoms with Gasteiger partial charge < -0.3 is 10.4 Å². The Morgan fingerprint density at radius 1 is 1.71 bits per heavy atom. The first-order valence-corrected chi connectivity index (χ1v) is 6.09. The topological polar surface area (TPSA) is 62.2 Å². The molecule has 2 N–H and O–H groups in total. The Balaban J connectivity index is 2.02. The molecule has 1 atom stereocenters. The second-order valence-electron chi connectivity index (χ2n) is 4.58. The van der Waals surface area contributed by atoms with E-state index in [4.69, 9.17) is 16.7 Å². The maximum atomic E-state index is 10.7. The number of anilines is 1. The van der Waals surface area contributed by atoms with Gasteiger partial charge in [0.2, 0.25) is 0 Å². The third-order valence-electron chi connectivity index (χ3n) is 2.86. The number of aromatic carboxylic acids is 1. The normalized spacial score (nSPS) is 16.6. The molecule has 0 aromatic carbocycles. The number of nitrogens with one attached hydrogen (secondary N) is 1. The fourth-order valence-electron chi connectivity index (χ4n) is 1.81. The number of carboxylic acids is 1. The second kappa shape index (κ2) is 4.92. The third kappa shape index (κ3) is 3.33. The number of aromatic nitrogens is 1. The highest BCUT2D eigenvalue weighted by Crippen LogP contribution is 2.34. The van der Waals surface area contributed by atoms with Crippen molar-refractivity contribution < 1.29 is 9.90 Å². The van der Waals surface area contributed by atoms with Gasteiger partial charge in [-0.2, -0.15) is 0 Å². The zero-order chi connectivity index (χ0) is 12.4. The van der Waals surface area contributed by atoms with Crippen molar-refractivity contribution in [1.82, 2.24) is 4.98 Å². The van der Waals surface area contributed by atoms with Crippen molar-refractivity contribution >= 4 is 23.4 Å². The van der Waals surface area contributed by atoms with Crippen LogP contribution in [0.4, 0.5) is 5.82 Å². The highest BCUT2D eigenvalue weighted by molar-refractivity contribution is 6.33. The van der Waals surface area contributed by atoms with Gasteiger partial charge in [0.1, 0.15) is 5.82 Å². The van der Waals surface area contributed by atoms with E-state index in [1.54, 1.807) is 0 Å². The zero-order valence-electron chi connectivity index (χ0n) is 9.61. The smallest absolute Gasteiger partial charge is 0.337 e. The lowest BCUT2D eigenvalue weighted by molar-refractivity contribution is 0.0696. The highest BCUT2D eigenvalue weighted by atomic mass is 35.5. The van der Waals surface area contributed by atoms with Crippen molar-refractivity contribution in [3.8, 4) is 0 Å². The Kier molecular flexibility index (Phi) is 3.52. The van der Waals surface area contributed by atoms with E-state index >= 15 is 0 Å². The van der Waals surface area contributed by atoms with E-state index in [9.17, 15) is 4.79 Å². The van der Waals surface area contributed by atoms with Gasteiger partial charge >= 0.3 is 5.97 Å². The predicted molar refractivity (Wildman–Crippen MR) is 66.6 cm³/mol. The Bertz CT molecular complexity index is 433. The Morgan fingerprint density at radius 3 is 2.94 bits per heavy atom. The van der Waals surface area contributed by atoms with Gasteiger partial charge in [0.25, 0.3) is 0 Å². The van der Waals surface area contributed by atoms with Crippen LogP contribution in [0.2, 0.25) is 5.02 Å². The highest BCUT2D eigenvalue weighted by Gasteiger charge is 2.23. The molecule has 0 radical (unpaired) electrons. The fourth-order valence-corrected chi connectivity index (χ4v) is 2.03. The molecule has 1 aromatic heterocycles. The number of nitrogens with zero attached hydrogens (tertiary/aromatic N) is 1. The molecule has 2 rings (SSSR count). The Labute approximate surface area is 105 Å². The van der Waals surface area contributed by atoms with Crippen molar-refractivity contribution in [3.63, 3.8) is 0 Å². The van der Waals surface area contributed by atoms with Gasteiger partial charge in [0, 0.05) is 12.2 Å². The molecule has 0 amide bonds. The van der Waals surface area contributed by atoms with Crippen molar-refractivity contribution in [2.24, 2.45) is 5.92 Å². The van der Waals surface area contributed by atoms with Gasteiger partial charge in [-0.25, -0.2) is 9.78 Å². The average molecular weight is 255 g/mol. The van der Waals surface area contributed by atoms with Crippen LogP contribution in [0, 0.1) is 5.92 Å². The molecule has 1 aromatic rings. The van der Waals surface area contributed by atoms with Gasteiger partial charge in [-0.15, -0.1) is 0 Å². The maximum absolute atomic E-state index is 10.7. The maximum Gasteiger partial charge on any atom is 0.337 e. The standard InChI is InChI=1S/C12H15ClN2O2/c1-7(4-8-2-3-8)15-11-10(13)5-9(6-14-11)12(16)17/h5-8H,2-4H2,1H3,(H,14,15)(H,16,17). The minimum atomic E-state index is -1.02. The molecule has 0 spiro atoms. The number of carboxylic acid groups (broad SMARTS) is 1. The molecule has 4 nitrogen and oxygen atoms in total. The molecule has 1 aliphatic carbocycles. The van der Waals surface area contributed by atoms with Gasteiger partial charge in [-0.05, 0) is 25.3 Å². The fraction of sp³-hybridized carbons (Fsp3) is 0.500. The summed E-state index contributed by atoms with van der Waals surface area (Å²) in [5, 5.41) is 12.4. The zero-order valence-corrected chi connectivity index (χ0v) is 10.4. The SMILES string of the molecule is CC(CC1CC1)Nc1ncc(C(=O)O)cc1Cl. The molecular weight excluding hydrogens is 240 g/mol. The summed E-state index contributed by atoms with van der Waals surface area (Å²) in [6.07, 6.45) is 5.05. The monoisotopic (exact) mass is 254 g/mol. The van der Waals surface area contributed by atoms with Crippen LogP contribution in [0.1, 0.15) is 36.5 Å². The predicted octanol–water partition coefficient (Wildman–Crippen LogP) is 3.03. The van der Waals surface area contributed by atoms with Crippen molar-refractivity contribution in [2.45, 2.75) is 32.2 Å². The van der Waals surface area contributed by atoms with Crippen LogP contribution < -0.4 is 5.32 Å². The summed E-state index contributed by atoms with van der Waals surface area (Å²) in [5.41, 5.74) is 0.107. The molecule has 5 heteroatoms. The summed E-state index contributed by atoms with van der Waals surface area (Å²) in [6.45, 7) is 2.08. The van der Waals surface area contributed by atoms with Crippen LogP contribution in [0.3, 0.4) is 0 Å². The van der Waals surface area contributed by atoms with Crippen molar-refractivity contribution in [1.29, 1.82) is 0 Å². The summed E-state index contributed by atoms with van der Waals surface area (Å²) in [4.78, 5) is 14.8. The molecule has 0 aliphatic heterocycles. The van der Waals surface area contributed by atoms with Crippen molar-refractivity contribution in [3.05, 3.63) is 22.8 Å². The average Bonchev–Trinajstić information content (AvgIpc) is 3.04. The third-order valence-corrected chi connectivity index (χ3v) is 3.14. The number of carbonyl (C=O) groups is 1. The van der Waals surface area contributed by atoms with Gasteiger partial charge in [0.05, 0.1) is 10.6 Å². The molecule has 1 unspecified atom stereocenters. The quantitative estimate of drug-likeness (QED) is 0.848. The molecule has 0 saturated heterocycles. The van der Waals surface area contributed by atoms with E-state index in [-0.39, 0.29) is 5.56 Å². The molecule has 92 valence electrons. The Morgan fingerprint density at radius 2 is 2.41 bits per heavy atom.